The molecule has 0 unspecified atom stereocenters. The number of hydrogen-bond donors (Lipinski definition) is 2. The van der Waals surface area contributed by atoms with E-state index < -0.39 is 32.8 Å². The van der Waals surface area contributed by atoms with Crippen molar-refractivity contribution in [3.8, 4) is 11.4 Å². The monoisotopic (exact) mass is 506 g/mol. The molecule has 10 heteroatoms. The topological polar surface area (TPSA) is 102 Å². The summed E-state index contributed by atoms with van der Waals surface area (Å²) in [5.74, 6) is 0.406. The molecule has 0 aliphatic carbocycles. The number of aromatic nitrogens is 2. The van der Waals surface area contributed by atoms with Crippen LogP contribution in [0.15, 0.2) is 90.1 Å². The van der Waals surface area contributed by atoms with Gasteiger partial charge in [0.1, 0.15) is 22.3 Å². The number of carbonyl (C=O) groups is 1. The number of carbonyl (C=O) groups excluding carboxylic acids is 1. The zero-order valence-corrected chi connectivity index (χ0v) is 19.9. The molecule has 184 valence electrons. The minimum Gasteiger partial charge on any atom is -0.493 e. The number of urea groups is 1. The third kappa shape index (κ3) is 4.94. The number of sulfonamides is 1. The van der Waals surface area contributed by atoms with Crippen molar-refractivity contribution in [1.82, 2.24) is 19.6 Å². The summed E-state index contributed by atoms with van der Waals surface area (Å²) in [7, 11) is -4.42. The number of amides is 2. The van der Waals surface area contributed by atoms with Crippen molar-refractivity contribution in [2.45, 2.75) is 23.8 Å². The second-order valence-corrected chi connectivity index (χ2v) is 9.95. The van der Waals surface area contributed by atoms with Gasteiger partial charge >= 0.3 is 6.03 Å². The van der Waals surface area contributed by atoms with Crippen molar-refractivity contribution in [1.29, 1.82) is 0 Å². The molecule has 0 fully saturated rings. The van der Waals surface area contributed by atoms with Gasteiger partial charge < -0.3 is 14.6 Å². The van der Waals surface area contributed by atoms with Crippen molar-refractivity contribution in [3.05, 3.63) is 108 Å². The van der Waals surface area contributed by atoms with Crippen LogP contribution in [0.3, 0.4) is 0 Å². The maximum absolute atomic E-state index is 14.1. The Bertz CT molecular complexity index is 1510. The number of ether oxygens (including phenoxy) is 1. The van der Waals surface area contributed by atoms with Crippen LogP contribution in [0.25, 0.3) is 5.69 Å². The van der Waals surface area contributed by atoms with Gasteiger partial charge in [0.15, 0.2) is 0 Å². The molecule has 0 saturated carbocycles. The van der Waals surface area contributed by atoms with Crippen LogP contribution in [0, 0.1) is 5.82 Å². The van der Waals surface area contributed by atoms with Crippen molar-refractivity contribution in [2.75, 3.05) is 6.61 Å². The summed E-state index contributed by atoms with van der Waals surface area (Å²) in [6.07, 6.45) is 4.54. The number of nitrogens with zero attached hydrogens (tertiary/aromatic N) is 2. The molecule has 1 atom stereocenters. The third-order valence-electron chi connectivity index (χ3n) is 5.87. The molecule has 1 aromatic heterocycles. The summed E-state index contributed by atoms with van der Waals surface area (Å²) in [6, 6.07) is 18.4. The highest BCUT2D eigenvalue weighted by atomic mass is 32.2. The molecule has 2 amide bonds. The van der Waals surface area contributed by atoms with Crippen LogP contribution in [0.2, 0.25) is 0 Å². The second-order valence-electron chi connectivity index (χ2n) is 8.30. The summed E-state index contributed by atoms with van der Waals surface area (Å²) in [4.78, 5) is 16.7. The highest BCUT2D eigenvalue weighted by molar-refractivity contribution is 7.90. The molecule has 2 heterocycles. The van der Waals surface area contributed by atoms with Crippen molar-refractivity contribution < 1.29 is 22.3 Å². The fourth-order valence-corrected chi connectivity index (χ4v) is 5.19. The first-order valence-corrected chi connectivity index (χ1v) is 12.8. The van der Waals surface area contributed by atoms with E-state index in [1.165, 1.54) is 12.1 Å². The highest BCUT2D eigenvalue weighted by Crippen LogP contribution is 2.29. The Morgan fingerprint density at radius 3 is 2.67 bits per heavy atom. The van der Waals surface area contributed by atoms with Crippen LogP contribution in [0.4, 0.5) is 9.18 Å². The summed E-state index contributed by atoms with van der Waals surface area (Å²) in [5, 5.41) is 2.72. The quantitative estimate of drug-likeness (QED) is 0.396. The number of halogens is 1. The van der Waals surface area contributed by atoms with Gasteiger partial charge in [-0.1, -0.05) is 42.5 Å². The Morgan fingerprint density at radius 1 is 1.08 bits per heavy atom. The van der Waals surface area contributed by atoms with E-state index in [0.717, 1.165) is 41.1 Å². The van der Waals surface area contributed by atoms with E-state index >= 15 is 0 Å². The number of nitrogens with one attached hydrogen (secondary N) is 2. The predicted octanol–water partition coefficient (Wildman–Crippen LogP) is 3.92. The first-order chi connectivity index (χ1) is 17.4. The smallest absolute Gasteiger partial charge is 0.329 e. The first-order valence-electron chi connectivity index (χ1n) is 11.3. The zero-order valence-electron chi connectivity index (χ0n) is 19.1. The van der Waals surface area contributed by atoms with Crippen LogP contribution in [-0.2, 0) is 22.9 Å². The first kappa shape index (κ1) is 23.6. The Balaban J connectivity index is 1.44. The fourth-order valence-electron chi connectivity index (χ4n) is 4.20. The largest absolute Gasteiger partial charge is 0.493 e. The van der Waals surface area contributed by atoms with Crippen molar-refractivity contribution in [2.24, 2.45) is 0 Å². The molecule has 0 saturated heterocycles. The average Bonchev–Trinajstić information content (AvgIpc) is 3.53. The zero-order chi connectivity index (χ0) is 25.1. The fraction of sp³-hybridized carbons (Fsp3) is 0.154. The summed E-state index contributed by atoms with van der Waals surface area (Å²) in [5.41, 5.74) is 2.83. The van der Waals surface area contributed by atoms with Gasteiger partial charge in [0, 0.05) is 24.5 Å². The lowest BCUT2D eigenvalue weighted by atomic mass is 10.1. The molecule has 36 heavy (non-hydrogen) atoms. The van der Waals surface area contributed by atoms with Gasteiger partial charge in [-0.3, -0.25) is 0 Å². The Hall–Kier alpha value is -4.18. The van der Waals surface area contributed by atoms with Gasteiger partial charge in [0.25, 0.3) is 10.0 Å². The van der Waals surface area contributed by atoms with E-state index in [1.807, 2.05) is 57.8 Å². The van der Waals surface area contributed by atoms with Crippen LogP contribution >= 0.6 is 0 Å². The van der Waals surface area contributed by atoms with Crippen LogP contribution in [0.1, 0.15) is 23.0 Å². The summed E-state index contributed by atoms with van der Waals surface area (Å²) in [6.45, 7) is 0.629. The number of rotatable bonds is 7. The maximum atomic E-state index is 14.1. The second kappa shape index (κ2) is 9.82. The number of fused-ring (bicyclic) bond motifs is 1. The van der Waals surface area contributed by atoms with Gasteiger partial charge in [-0.25, -0.2) is 27.3 Å². The maximum Gasteiger partial charge on any atom is 0.329 e. The van der Waals surface area contributed by atoms with Crippen LogP contribution in [-0.4, -0.2) is 30.6 Å². The van der Waals surface area contributed by atoms with Crippen molar-refractivity contribution in [3.63, 3.8) is 0 Å². The van der Waals surface area contributed by atoms with Crippen molar-refractivity contribution >= 4 is 16.1 Å². The predicted molar refractivity (Wildman–Crippen MR) is 131 cm³/mol. The molecule has 0 spiro atoms. The van der Waals surface area contributed by atoms with Gasteiger partial charge in [0.2, 0.25) is 0 Å². The average molecular weight is 507 g/mol. The molecule has 0 radical (unpaired) electrons. The number of hydrogen-bond acceptors (Lipinski definition) is 5. The Labute approximate surface area is 207 Å². The van der Waals surface area contributed by atoms with E-state index in [1.54, 1.807) is 12.4 Å². The summed E-state index contributed by atoms with van der Waals surface area (Å²) < 4.78 is 48.7. The molecular weight excluding hydrogens is 483 g/mol. The Kier molecular flexibility index (Phi) is 6.43. The van der Waals surface area contributed by atoms with Gasteiger partial charge in [0.05, 0.1) is 12.6 Å². The van der Waals surface area contributed by atoms with E-state index in [2.05, 4.69) is 10.3 Å². The van der Waals surface area contributed by atoms with Gasteiger partial charge in [-0.15, -0.1) is 0 Å². The molecule has 8 nitrogen and oxygen atoms in total. The van der Waals surface area contributed by atoms with Gasteiger partial charge in [-0.05, 0) is 47.9 Å². The van der Waals surface area contributed by atoms with E-state index in [4.69, 9.17) is 4.74 Å². The van der Waals surface area contributed by atoms with E-state index in [0.29, 0.717) is 18.9 Å². The normalized spacial score (nSPS) is 13.5. The molecular formula is C26H23FN4O4S. The lowest BCUT2D eigenvalue weighted by Crippen LogP contribution is -2.42. The molecule has 4 aromatic rings. The minimum atomic E-state index is -4.42. The van der Waals surface area contributed by atoms with Crippen LogP contribution < -0.4 is 14.8 Å². The van der Waals surface area contributed by atoms with E-state index in [-0.39, 0.29) is 0 Å². The number of imidazole rings is 1. The van der Waals surface area contributed by atoms with Crippen LogP contribution in [0.5, 0.6) is 5.75 Å². The lowest BCUT2D eigenvalue weighted by Gasteiger charge is -2.21. The lowest BCUT2D eigenvalue weighted by molar-refractivity contribution is 0.241. The van der Waals surface area contributed by atoms with E-state index in [9.17, 15) is 17.6 Å². The minimum absolute atomic E-state index is 0.346. The third-order valence-corrected chi connectivity index (χ3v) is 7.24. The molecule has 5 rings (SSSR count). The highest BCUT2D eigenvalue weighted by Gasteiger charge is 2.26. The summed E-state index contributed by atoms with van der Waals surface area (Å²) >= 11 is 0. The number of benzene rings is 3. The van der Waals surface area contributed by atoms with Gasteiger partial charge in [-0.2, -0.15) is 0 Å². The molecule has 0 bridgehead atoms. The molecule has 3 aromatic carbocycles. The molecule has 2 N–H and O–H groups in total. The molecule has 1 aliphatic heterocycles. The SMILES string of the molecule is O=C(N[C@@H](Cc1ccccc1)c1nccn1-c1ccc2c(c1)CCO2)NS(=O)(=O)c1ccccc1F. The molecule has 1 aliphatic rings. The standard InChI is InChI=1S/C26H23FN4O4S/c27-21-8-4-5-9-24(21)36(33,34)30-26(32)29-22(16-18-6-2-1-3-7-18)25-28-13-14-31(25)20-10-11-23-19(17-20)12-15-35-23/h1-11,13-14,17,22H,12,15-16H2,(H2,29,30,32)/t22-/m0/s1. The Morgan fingerprint density at radius 2 is 1.86 bits per heavy atom.